The van der Waals surface area contributed by atoms with Gasteiger partial charge in [-0.3, -0.25) is 24.2 Å². The fourth-order valence-electron chi connectivity index (χ4n) is 4.80. The molecule has 0 atom stereocenters. The number of nitrogens with one attached hydrogen (secondary N) is 1. The Morgan fingerprint density at radius 3 is 2.21 bits per heavy atom. The van der Waals surface area contributed by atoms with Gasteiger partial charge in [-0.15, -0.1) is 11.3 Å². The zero-order valence-corrected chi connectivity index (χ0v) is 20.4. The van der Waals surface area contributed by atoms with Gasteiger partial charge in [0.2, 0.25) is 0 Å². The fourth-order valence-corrected chi connectivity index (χ4v) is 5.85. The molecule has 34 heavy (non-hydrogen) atoms. The molecule has 2 aliphatic rings. The molecule has 1 N–H and O–H groups in total. The number of piperazine rings is 1. The highest BCUT2D eigenvalue weighted by Gasteiger charge is 2.34. The van der Waals surface area contributed by atoms with E-state index in [1.807, 2.05) is 13.8 Å². The third kappa shape index (κ3) is 4.31. The van der Waals surface area contributed by atoms with Crippen LogP contribution in [0.4, 0.5) is 0 Å². The number of carbonyl (C=O) groups excluding carboxylic acids is 2. The largest absolute Gasteiger partial charge is 0.309 e. The number of carbonyl (C=O) groups is 2. The number of H-pyrrole nitrogens is 1. The summed E-state index contributed by atoms with van der Waals surface area (Å²) >= 11 is 1.58. The summed E-state index contributed by atoms with van der Waals surface area (Å²) in [5, 5.41) is 0.720. The lowest BCUT2D eigenvalue weighted by Gasteiger charge is -2.34. The molecule has 1 fully saturated rings. The number of nitrogens with zero attached hydrogens (tertiary/aromatic N) is 4. The molecular formula is C25H29N5O3S. The summed E-state index contributed by atoms with van der Waals surface area (Å²) in [6.45, 7) is 9.82. The van der Waals surface area contributed by atoms with E-state index in [9.17, 15) is 14.4 Å². The zero-order chi connectivity index (χ0) is 23.8. The maximum absolute atomic E-state index is 12.5. The number of aromatic nitrogens is 2. The third-order valence-corrected chi connectivity index (χ3v) is 8.01. The highest BCUT2D eigenvalue weighted by Crippen LogP contribution is 2.26. The van der Waals surface area contributed by atoms with Gasteiger partial charge in [-0.25, -0.2) is 4.98 Å². The number of hydrogen-bond acceptors (Lipinski definition) is 7. The lowest BCUT2D eigenvalue weighted by Crippen LogP contribution is -2.46. The zero-order valence-electron chi connectivity index (χ0n) is 19.6. The smallest absolute Gasteiger partial charge is 0.261 e. The minimum atomic E-state index is -0.174. The van der Waals surface area contributed by atoms with Crippen molar-refractivity contribution >= 4 is 33.4 Å². The molecule has 178 valence electrons. The number of amides is 2. The Hall–Kier alpha value is -2.88. The van der Waals surface area contributed by atoms with Crippen LogP contribution in [0.15, 0.2) is 29.1 Å². The van der Waals surface area contributed by atoms with Crippen LogP contribution in [0.3, 0.4) is 0 Å². The Morgan fingerprint density at radius 1 is 0.912 bits per heavy atom. The minimum absolute atomic E-state index is 0.0430. The first kappa shape index (κ1) is 22.9. The number of thiophene rings is 1. The summed E-state index contributed by atoms with van der Waals surface area (Å²) in [6, 6.07) is 7.04. The fraction of sp³-hybridized carbons (Fsp3) is 0.440. The quantitative estimate of drug-likeness (QED) is 0.414. The van der Waals surface area contributed by atoms with Crippen LogP contribution in [0, 0.1) is 13.8 Å². The van der Waals surface area contributed by atoms with Gasteiger partial charge in [0.05, 0.1) is 23.1 Å². The SMILES string of the molecule is Cc1sc2nc(CN3CCN(CCCCN4C(=O)c5ccccc5C4=O)CC3)[nH]c(=O)c2c1C. The Labute approximate surface area is 202 Å². The molecular weight excluding hydrogens is 450 g/mol. The third-order valence-electron chi connectivity index (χ3n) is 6.91. The van der Waals surface area contributed by atoms with Crippen molar-refractivity contribution in [2.24, 2.45) is 0 Å². The second-order valence-electron chi connectivity index (χ2n) is 9.11. The van der Waals surface area contributed by atoms with Crippen LogP contribution >= 0.6 is 11.3 Å². The second kappa shape index (κ2) is 9.40. The first-order valence-corrected chi connectivity index (χ1v) is 12.6. The molecule has 0 saturated carbocycles. The molecule has 2 amide bonds. The maximum atomic E-state index is 12.5. The van der Waals surface area contributed by atoms with E-state index in [0.717, 1.165) is 72.0 Å². The van der Waals surface area contributed by atoms with Crippen LogP contribution in [-0.4, -0.2) is 75.8 Å². The van der Waals surface area contributed by atoms with E-state index in [4.69, 9.17) is 4.98 Å². The Morgan fingerprint density at radius 2 is 1.53 bits per heavy atom. The summed E-state index contributed by atoms with van der Waals surface area (Å²) in [4.78, 5) is 53.2. The summed E-state index contributed by atoms with van der Waals surface area (Å²) in [7, 11) is 0. The predicted molar refractivity (Wildman–Crippen MR) is 132 cm³/mol. The summed E-state index contributed by atoms with van der Waals surface area (Å²) in [6.07, 6.45) is 1.74. The van der Waals surface area contributed by atoms with Crippen molar-refractivity contribution in [2.45, 2.75) is 33.2 Å². The minimum Gasteiger partial charge on any atom is -0.309 e. The number of rotatable bonds is 7. The molecule has 5 rings (SSSR count). The molecule has 0 radical (unpaired) electrons. The average molecular weight is 480 g/mol. The maximum Gasteiger partial charge on any atom is 0.261 e. The second-order valence-corrected chi connectivity index (χ2v) is 10.3. The molecule has 2 aromatic heterocycles. The average Bonchev–Trinajstić information content (AvgIpc) is 3.25. The molecule has 4 heterocycles. The van der Waals surface area contributed by atoms with Gasteiger partial charge >= 0.3 is 0 Å². The molecule has 3 aromatic rings. The van der Waals surface area contributed by atoms with Crippen LogP contribution in [0.25, 0.3) is 10.2 Å². The molecule has 1 aromatic carbocycles. The van der Waals surface area contributed by atoms with Crippen LogP contribution in [0.2, 0.25) is 0 Å². The lowest BCUT2D eigenvalue weighted by atomic mass is 10.1. The van der Waals surface area contributed by atoms with E-state index in [0.29, 0.717) is 24.2 Å². The molecule has 1 saturated heterocycles. The summed E-state index contributed by atoms with van der Waals surface area (Å²) in [5.74, 6) is 0.381. The van der Waals surface area contributed by atoms with Crippen molar-refractivity contribution in [3.63, 3.8) is 0 Å². The van der Waals surface area contributed by atoms with E-state index >= 15 is 0 Å². The van der Waals surface area contributed by atoms with Gasteiger partial charge in [0, 0.05) is 37.6 Å². The van der Waals surface area contributed by atoms with Crippen molar-refractivity contribution in [3.05, 3.63) is 62.0 Å². The first-order chi connectivity index (χ1) is 16.4. The molecule has 0 aliphatic carbocycles. The number of hydrogen-bond donors (Lipinski definition) is 1. The van der Waals surface area contributed by atoms with Crippen LogP contribution in [0.1, 0.15) is 49.8 Å². The van der Waals surface area contributed by atoms with Gasteiger partial charge in [-0.2, -0.15) is 0 Å². The van der Waals surface area contributed by atoms with E-state index in [1.165, 1.54) is 4.90 Å². The van der Waals surface area contributed by atoms with Gasteiger partial charge in [0.15, 0.2) is 0 Å². The lowest BCUT2D eigenvalue weighted by molar-refractivity contribution is 0.0648. The Kier molecular flexibility index (Phi) is 6.33. The summed E-state index contributed by atoms with van der Waals surface area (Å²) < 4.78 is 0. The van der Waals surface area contributed by atoms with Gasteiger partial charge in [-0.05, 0) is 50.9 Å². The van der Waals surface area contributed by atoms with Crippen molar-refractivity contribution in [3.8, 4) is 0 Å². The van der Waals surface area contributed by atoms with Crippen molar-refractivity contribution in [1.82, 2.24) is 24.7 Å². The van der Waals surface area contributed by atoms with Gasteiger partial charge in [-0.1, -0.05) is 12.1 Å². The normalized spacial score (nSPS) is 17.2. The van der Waals surface area contributed by atoms with Crippen molar-refractivity contribution < 1.29 is 9.59 Å². The number of imide groups is 1. The molecule has 0 unspecified atom stereocenters. The Balaban J connectivity index is 1.07. The number of fused-ring (bicyclic) bond motifs is 2. The van der Waals surface area contributed by atoms with Gasteiger partial charge in [0.1, 0.15) is 10.7 Å². The first-order valence-electron chi connectivity index (χ1n) is 11.8. The summed E-state index contributed by atoms with van der Waals surface area (Å²) in [5.41, 5.74) is 2.02. The number of aromatic amines is 1. The van der Waals surface area contributed by atoms with Crippen molar-refractivity contribution in [1.29, 1.82) is 0 Å². The van der Waals surface area contributed by atoms with Crippen molar-refractivity contribution in [2.75, 3.05) is 39.3 Å². The van der Waals surface area contributed by atoms with E-state index in [2.05, 4.69) is 14.8 Å². The standard InChI is InChI=1S/C25H29N5O3S/c1-16-17(2)34-23-21(16)22(31)26-20(27-23)15-29-13-11-28(12-14-29)9-5-6-10-30-24(32)18-7-3-4-8-19(18)25(30)33/h3-4,7-8H,5-6,9-15H2,1-2H3,(H,26,27,31). The van der Waals surface area contributed by atoms with E-state index in [-0.39, 0.29) is 17.4 Å². The van der Waals surface area contributed by atoms with E-state index in [1.54, 1.807) is 35.6 Å². The van der Waals surface area contributed by atoms with Crippen LogP contribution in [0.5, 0.6) is 0 Å². The molecule has 2 aliphatic heterocycles. The Bertz CT molecular complexity index is 1270. The van der Waals surface area contributed by atoms with Crippen LogP contribution in [-0.2, 0) is 6.54 Å². The van der Waals surface area contributed by atoms with Gasteiger partial charge in [0.25, 0.3) is 17.4 Å². The monoisotopic (exact) mass is 479 g/mol. The highest BCUT2D eigenvalue weighted by molar-refractivity contribution is 7.18. The van der Waals surface area contributed by atoms with Crippen LogP contribution < -0.4 is 5.56 Å². The highest BCUT2D eigenvalue weighted by atomic mass is 32.1. The van der Waals surface area contributed by atoms with Gasteiger partial charge < -0.3 is 9.88 Å². The number of aryl methyl sites for hydroxylation is 2. The van der Waals surface area contributed by atoms with E-state index < -0.39 is 0 Å². The molecule has 0 bridgehead atoms. The predicted octanol–water partition coefficient (Wildman–Crippen LogP) is 2.80. The molecule has 9 heteroatoms. The molecule has 8 nitrogen and oxygen atoms in total. The number of unbranched alkanes of at least 4 members (excludes halogenated alkanes) is 1. The number of benzene rings is 1. The molecule has 0 spiro atoms. The topological polar surface area (TPSA) is 89.6 Å².